The Bertz CT molecular complexity index is 1090. The third kappa shape index (κ3) is 5.86. The van der Waals surface area contributed by atoms with Crippen molar-refractivity contribution in [3.63, 3.8) is 0 Å². The minimum absolute atomic E-state index is 0.0840. The lowest BCUT2D eigenvalue weighted by atomic mass is 10.2. The smallest absolute Gasteiger partial charge is 0.387 e. The van der Waals surface area contributed by atoms with E-state index in [1.165, 1.54) is 23.1 Å². The first-order valence-corrected chi connectivity index (χ1v) is 11.9. The van der Waals surface area contributed by atoms with E-state index in [1.807, 2.05) is 0 Å². The van der Waals surface area contributed by atoms with E-state index in [1.54, 1.807) is 30.8 Å². The number of carbonyl (C=O) groups is 2. The number of ether oxygens (including phenoxy) is 2. The van der Waals surface area contributed by atoms with Crippen molar-refractivity contribution in [1.29, 1.82) is 0 Å². The first kappa shape index (κ1) is 25.7. The zero-order valence-electron chi connectivity index (χ0n) is 20.6. The van der Waals surface area contributed by atoms with E-state index in [0.29, 0.717) is 44.3 Å². The summed E-state index contributed by atoms with van der Waals surface area (Å²) < 4.78 is 41.9. The van der Waals surface area contributed by atoms with E-state index in [4.69, 9.17) is 14.9 Å². The van der Waals surface area contributed by atoms with Crippen LogP contribution >= 0.6 is 0 Å². The molecule has 196 valence electrons. The maximum atomic E-state index is 13.3. The number of hydrogen-bond donors (Lipinski definition) is 1. The van der Waals surface area contributed by atoms with Gasteiger partial charge in [0.05, 0.1) is 12.6 Å². The Labute approximate surface area is 207 Å². The number of alkyl halides is 2. The molecule has 1 aromatic carbocycles. The van der Waals surface area contributed by atoms with E-state index in [9.17, 15) is 18.4 Å². The number of carbonyl (C=O) groups excluding carboxylic acids is 2. The maximum Gasteiger partial charge on any atom is 0.387 e. The normalized spacial score (nSPS) is 16.8. The molecular weight excluding hydrogens is 476 g/mol. The Morgan fingerprint density at radius 3 is 2.42 bits per heavy atom. The molecule has 3 amide bonds. The fraction of sp³-hybridized carbons (Fsp3) is 0.542. The SMILES string of the molecule is C[C@H](N)c1oc(-c2ccc(OC(F)F)c(OCC3CC3)c2)nc1C(=O)N1CCN(C(=O)N(C)C)CC1. The van der Waals surface area contributed by atoms with Gasteiger partial charge < -0.3 is 34.3 Å². The minimum Gasteiger partial charge on any atom is -0.489 e. The van der Waals surface area contributed by atoms with Crippen LogP contribution in [-0.4, -0.2) is 85.1 Å². The molecule has 1 aliphatic heterocycles. The summed E-state index contributed by atoms with van der Waals surface area (Å²) in [6, 6.07) is 3.66. The van der Waals surface area contributed by atoms with Crippen molar-refractivity contribution >= 4 is 11.9 Å². The summed E-state index contributed by atoms with van der Waals surface area (Å²) in [7, 11) is 3.36. The van der Waals surface area contributed by atoms with E-state index >= 15 is 0 Å². The Hall–Kier alpha value is -3.41. The van der Waals surface area contributed by atoms with Gasteiger partial charge >= 0.3 is 12.6 Å². The first-order chi connectivity index (χ1) is 17.1. The second-order valence-electron chi connectivity index (χ2n) is 9.27. The lowest BCUT2D eigenvalue weighted by Gasteiger charge is -2.35. The summed E-state index contributed by atoms with van der Waals surface area (Å²) in [4.78, 5) is 34.7. The molecule has 2 fully saturated rings. The fourth-order valence-electron chi connectivity index (χ4n) is 3.89. The third-order valence-corrected chi connectivity index (χ3v) is 6.07. The van der Waals surface area contributed by atoms with Crippen LogP contribution in [0.2, 0.25) is 0 Å². The highest BCUT2D eigenvalue weighted by atomic mass is 19.3. The number of hydrogen-bond acceptors (Lipinski definition) is 7. The molecule has 10 nitrogen and oxygen atoms in total. The topological polar surface area (TPSA) is 114 Å². The van der Waals surface area contributed by atoms with Crippen LogP contribution in [0.25, 0.3) is 11.5 Å². The highest BCUT2D eigenvalue weighted by Crippen LogP contribution is 2.37. The summed E-state index contributed by atoms with van der Waals surface area (Å²) in [5, 5.41) is 0. The van der Waals surface area contributed by atoms with E-state index in [0.717, 1.165) is 12.8 Å². The average Bonchev–Trinajstić information content (AvgIpc) is 3.57. The number of nitrogens with zero attached hydrogens (tertiary/aromatic N) is 4. The van der Waals surface area contributed by atoms with Crippen molar-refractivity contribution < 1.29 is 32.3 Å². The molecule has 2 N–H and O–H groups in total. The molecule has 1 saturated carbocycles. The molecule has 4 rings (SSSR count). The Morgan fingerprint density at radius 1 is 1.17 bits per heavy atom. The number of amides is 3. The van der Waals surface area contributed by atoms with Crippen molar-refractivity contribution in [1.82, 2.24) is 19.7 Å². The summed E-state index contributed by atoms with van der Waals surface area (Å²) in [6.07, 6.45) is 2.07. The monoisotopic (exact) mass is 507 g/mol. The number of benzene rings is 1. The summed E-state index contributed by atoms with van der Waals surface area (Å²) >= 11 is 0. The van der Waals surface area contributed by atoms with Crippen LogP contribution in [0.15, 0.2) is 22.6 Å². The second kappa shape index (κ2) is 10.7. The predicted molar refractivity (Wildman–Crippen MR) is 126 cm³/mol. The van der Waals surface area contributed by atoms with Crippen molar-refractivity contribution in [2.24, 2.45) is 11.7 Å². The first-order valence-electron chi connectivity index (χ1n) is 11.9. The molecule has 0 radical (unpaired) electrons. The molecule has 1 aliphatic carbocycles. The van der Waals surface area contributed by atoms with Gasteiger partial charge in [0.2, 0.25) is 5.89 Å². The minimum atomic E-state index is -3.00. The Morgan fingerprint density at radius 2 is 1.83 bits per heavy atom. The van der Waals surface area contributed by atoms with Crippen molar-refractivity contribution in [2.75, 3.05) is 46.9 Å². The van der Waals surface area contributed by atoms with Gasteiger partial charge in [-0.1, -0.05) is 0 Å². The molecule has 0 bridgehead atoms. The predicted octanol–water partition coefficient (Wildman–Crippen LogP) is 3.19. The van der Waals surface area contributed by atoms with Gasteiger partial charge in [-0.2, -0.15) is 8.78 Å². The highest BCUT2D eigenvalue weighted by molar-refractivity contribution is 5.94. The summed E-state index contributed by atoms with van der Waals surface area (Å²) in [5.41, 5.74) is 6.59. The van der Waals surface area contributed by atoms with Gasteiger partial charge in [0.25, 0.3) is 5.91 Å². The number of piperazine rings is 1. The largest absolute Gasteiger partial charge is 0.489 e. The third-order valence-electron chi connectivity index (χ3n) is 6.07. The molecule has 1 saturated heterocycles. The summed E-state index contributed by atoms with van der Waals surface area (Å²) in [6.45, 7) is 0.561. The molecule has 0 unspecified atom stereocenters. The summed E-state index contributed by atoms with van der Waals surface area (Å²) in [5.74, 6) is 0.445. The molecule has 1 aromatic heterocycles. The van der Waals surface area contributed by atoms with E-state index in [2.05, 4.69) is 9.72 Å². The van der Waals surface area contributed by atoms with Gasteiger partial charge in [-0.3, -0.25) is 4.79 Å². The van der Waals surface area contributed by atoms with Crippen LogP contribution in [0.4, 0.5) is 13.6 Å². The standard InChI is InChI=1S/C24H31F2N5O5/c1-14(27)20-19(22(32)30-8-10-31(11-9-30)24(33)29(2)3)28-21(36-20)16-6-7-17(35-23(25)26)18(12-16)34-13-15-4-5-15/h6-7,12,14-15,23H,4-5,8-11,13,27H2,1-3H3/t14-/m0/s1. The lowest BCUT2D eigenvalue weighted by molar-refractivity contribution is -0.0515. The van der Waals surface area contributed by atoms with Gasteiger partial charge in [0, 0.05) is 45.8 Å². The quantitative estimate of drug-likeness (QED) is 0.584. The van der Waals surface area contributed by atoms with E-state index in [-0.39, 0.29) is 40.8 Å². The molecule has 2 heterocycles. The lowest BCUT2D eigenvalue weighted by Crippen LogP contribution is -2.53. The van der Waals surface area contributed by atoms with Gasteiger partial charge in [0.1, 0.15) is 0 Å². The number of aromatic nitrogens is 1. The number of urea groups is 1. The molecule has 2 aliphatic rings. The fourth-order valence-corrected chi connectivity index (χ4v) is 3.89. The number of nitrogens with two attached hydrogens (primary N) is 1. The van der Waals surface area contributed by atoms with Crippen molar-refractivity contribution in [3.8, 4) is 23.0 Å². The van der Waals surface area contributed by atoms with Gasteiger partial charge in [0.15, 0.2) is 23.0 Å². The van der Waals surface area contributed by atoms with E-state index < -0.39 is 12.7 Å². The number of rotatable bonds is 8. The highest BCUT2D eigenvalue weighted by Gasteiger charge is 2.31. The zero-order chi connectivity index (χ0) is 26.0. The van der Waals surface area contributed by atoms with Crippen molar-refractivity contribution in [3.05, 3.63) is 29.7 Å². The van der Waals surface area contributed by atoms with Crippen molar-refractivity contribution in [2.45, 2.75) is 32.4 Å². The number of halogens is 2. The average molecular weight is 508 g/mol. The molecule has 12 heteroatoms. The Balaban J connectivity index is 1.56. The molecule has 36 heavy (non-hydrogen) atoms. The zero-order valence-corrected chi connectivity index (χ0v) is 20.6. The van der Waals surface area contributed by atoms with Crippen LogP contribution in [-0.2, 0) is 0 Å². The molecule has 0 spiro atoms. The molecule has 1 atom stereocenters. The maximum absolute atomic E-state index is 13.3. The van der Waals surface area contributed by atoms with Crippen LogP contribution < -0.4 is 15.2 Å². The second-order valence-corrected chi connectivity index (χ2v) is 9.27. The van der Waals surface area contributed by atoms with Gasteiger partial charge in [-0.15, -0.1) is 0 Å². The van der Waals surface area contributed by atoms with Gasteiger partial charge in [-0.25, -0.2) is 9.78 Å². The molecular formula is C24H31F2N5O5. The molecule has 2 aromatic rings. The van der Waals surface area contributed by atoms with Gasteiger partial charge in [-0.05, 0) is 43.9 Å². The van der Waals surface area contributed by atoms with Crippen LogP contribution in [0.5, 0.6) is 11.5 Å². The van der Waals surface area contributed by atoms with Crippen LogP contribution in [0.1, 0.15) is 42.1 Å². The van der Waals surface area contributed by atoms with Crippen LogP contribution in [0, 0.1) is 5.92 Å². The number of oxazole rings is 1. The Kier molecular flexibility index (Phi) is 7.62. The van der Waals surface area contributed by atoms with Crippen LogP contribution in [0.3, 0.4) is 0 Å².